The zero-order valence-electron chi connectivity index (χ0n) is 10.8. The molecule has 0 saturated carbocycles. The lowest BCUT2D eigenvalue weighted by Gasteiger charge is -2.13. The van der Waals surface area contributed by atoms with Crippen LogP contribution in [0.4, 0.5) is 5.69 Å². The Kier molecular flexibility index (Phi) is 5.17. The standard InChI is InChI=1S/C14H10Cl3NO2S/c1-20-13-4-7(15)2-3-8(13)14(21)18-11-5-9(16)10(17)6-12(11)19/h2-6,19H,1H3,(H,18,21). The van der Waals surface area contributed by atoms with Gasteiger partial charge in [0.1, 0.15) is 16.5 Å². The molecule has 0 spiro atoms. The van der Waals surface area contributed by atoms with E-state index in [-0.39, 0.29) is 10.8 Å². The number of ether oxygens (including phenoxy) is 1. The van der Waals surface area contributed by atoms with Gasteiger partial charge in [-0.05, 0) is 24.3 Å². The third kappa shape index (κ3) is 3.71. The molecule has 2 aromatic carbocycles. The first-order valence-electron chi connectivity index (χ1n) is 5.75. The van der Waals surface area contributed by atoms with Crippen LogP contribution in [-0.2, 0) is 0 Å². The van der Waals surface area contributed by atoms with E-state index in [1.807, 2.05) is 0 Å². The number of hydrogen-bond donors (Lipinski definition) is 2. The van der Waals surface area contributed by atoms with Gasteiger partial charge in [0.05, 0.1) is 28.4 Å². The summed E-state index contributed by atoms with van der Waals surface area (Å²) in [6.45, 7) is 0. The number of rotatable bonds is 3. The molecule has 7 heteroatoms. The Hall–Kier alpha value is -1.20. The highest BCUT2D eigenvalue weighted by atomic mass is 35.5. The van der Waals surface area contributed by atoms with Gasteiger partial charge in [0, 0.05) is 11.1 Å². The zero-order chi connectivity index (χ0) is 15.6. The molecule has 2 aromatic rings. The van der Waals surface area contributed by atoms with Crippen LogP contribution < -0.4 is 10.1 Å². The Morgan fingerprint density at radius 3 is 2.48 bits per heavy atom. The molecule has 3 nitrogen and oxygen atoms in total. The van der Waals surface area contributed by atoms with Crippen molar-refractivity contribution in [1.29, 1.82) is 0 Å². The van der Waals surface area contributed by atoms with E-state index in [2.05, 4.69) is 5.32 Å². The number of halogens is 3. The summed E-state index contributed by atoms with van der Waals surface area (Å²) in [5.41, 5.74) is 0.994. The molecule has 0 aliphatic heterocycles. The van der Waals surface area contributed by atoms with E-state index in [4.69, 9.17) is 51.8 Å². The number of hydrogen-bond acceptors (Lipinski definition) is 3. The lowest BCUT2D eigenvalue weighted by Crippen LogP contribution is -2.12. The first-order chi connectivity index (χ1) is 9.92. The fourth-order valence-electron chi connectivity index (χ4n) is 1.68. The summed E-state index contributed by atoms with van der Waals surface area (Å²) in [5.74, 6) is 0.472. The number of anilines is 1. The molecular weight excluding hydrogens is 353 g/mol. The van der Waals surface area contributed by atoms with E-state index in [0.29, 0.717) is 32.0 Å². The summed E-state index contributed by atoms with van der Waals surface area (Å²) < 4.78 is 5.24. The summed E-state index contributed by atoms with van der Waals surface area (Å²) in [5, 5.41) is 13.9. The highest BCUT2D eigenvalue weighted by molar-refractivity contribution is 7.81. The Balaban J connectivity index is 2.32. The molecule has 0 fully saturated rings. The molecular formula is C14H10Cl3NO2S. The molecule has 0 aliphatic carbocycles. The topological polar surface area (TPSA) is 41.5 Å². The highest BCUT2D eigenvalue weighted by Gasteiger charge is 2.13. The summed E-state index contributed by atoms with van der Waals surface area (Å²) in [6, 6.07) is 7.91. The molecule has 0 atom stereocenters. The monoisotopic (exact) mass is 361 g/mol. The van der Waals surface area contributed by atoms with Gasteiger partial charge < -0.3 is 15.2 Å². The van der Waals surface area contributed by atoms with Gasteiger partial charge in [0.25, 0.3) is 0 Å². The van der Waals surface area contributed by atoms with Crippen LogP contribution in [0.15, 0.2) is 30.3 Å². The molecule has 0 heterocycles. The second-order valence-electron chi connectivity index (χ2n) is 4.08. The minimum atomic E-state index is -0.0559. The maximum Gasteiger partial charge on any atom is 0.140 e. The summed E-state index contributed by atoms with van der Waals surface area (Å²) in [6.07, 6.45) is 0. The van der Waals surface area contributed by atoms with Crippen LogP contribution in [0.1, 0.15) is 5.56 Å². The van der Waals surface area contributed by atoms with Crippen molar-refractivity contribution in [2.24, 2.45) is 0 Å². The number of nitrogens with one attached hydrogen (secondary N) is 1. The molecule has 2 N–H and O–H groups in total. The lowest BCUT2D eigenvalue weighted by atomic mass is 10.2. The third-order valence-electron chi connectivity index (χ3n) is 2.70. The van der Waals surface area contributed by atoms with Gasteiger partial charge >= 0.3 is 0 Å². The summed E-state index contributed by atoms with van der Waals surface area (Å²) in [4.78, 5) is 0.359. The predicted octanol–water partition coefficient (Wildman–Crippen LogP) is 5.15. The molecule has 0 radical (unpaired) electrons. The minimum Gasteiger partial charge on any atom is -0.506 e. The minimum absolute atomic E-state index is 0.0559. The Bertz CT molecular complexity index is 707. The first kappa shape index (κ1) is 16.2. The summed E-state index contributed by atoms with van der Waals surface area (Å²) in [7, 11) is 1.52. The van der Waals surface area contributed by atoms with Crippen LogP contribution in [0.2, 0.25) is 15.1 Å². The fourth-order valence-corrected chi connectivity index (χ4v) is 2.44. The molecule has 0 unspecified atom stereocenters. The Morgan fingerprint density at radius 1 is 1.14 bits per heavy atom. The molecule has 21 heavy (non-hydrogen) atoms. The van der Waals surface area contributed by atoms with E-state index in [0.717, 1.165) is 0 Å². The summed E-state index contributed by atoms with van der Waals surface area (Å²) >= 11 is 23.0. The molecule has 0 saturated heterocycles. The van der Waals surface area contributed by atoms with Crippen LogP contribution >= 0.6 is 47.0 Å². The Labute approximate surface area is 142 Å². The number of benzene rings is 2. The molecule has 0 aliphatic rings. The van der Waals surface area contributed by atoms with Gasteiger partial charge in [0.2, 0.25) is 0 Å². The SMILES string of the molecule is COc1cc(Cl)ccc1C(=S)Nc1cc(Cl)c(Cl)cc1O. The van der Waals surface area contributed by atoms with Gasteiger partial charge in [-0.1, -0.05) is 47.0 Å². The van der Waals surface area contributed by atoms with E-state index >= 15 is 0 Å². The molecule has 2 rings (SSSR count). The largest absolute Gasteiger partial charge is 0.506 e. The number of aromatic hydroxyl groups is 1. The second kappa shape index (κ2) is 6.71. The van der Waals surface area contributed by atoms with Crippen LogP contribution in [0.25, 0.3) is 0 Å². The number of thiocarbonyl (C=S) groups is 1. The third-order valence-corrected chi connectivity index (χ3v) is 3.97. The highest BCUT2D eigenvalue weighted by Crippen LogP contribution is 2.34. The average molecular weight is 363 g/mol. The zero-order valence-corrected chi connectivity index (χ0v) is 13.9. The van der Waals surface area contributed by atoms with E-state index < -0.39 is 0 Å². The van der Waals surface area contributed by atoms with Crippen molar-refractivity contribution in [3.8, 4) is 11.5 Å². The van der Waals surface area contributed by atoms with Gasteiger partial charge in [-0.3, -0.25) is 0 Å². The average Bonchev–Trinajstić information content (AvgIpc) is 2.44. The van der Waals surface area contributed by atoms with Crippen LogP contribution in [0, 0.1) is 0 Å². The van der Waals surface area contributed by atoms with Crippen molar-refractivity contribution < 1.29 is 9.84 Å². The van der Waals surface area contributed by atoms with Crippen LogP contribution in [0.5, 0.6) is 11.5 Å². The molecule has 0 bridgehead atoms. The van der Waals surface area contributed by atoms with Crippen molar-refractivity contribution in [3.63, 3.8) is 0 Å². The number of methoxy groups -OCH3 is 1. The van der Waals surface area contributed by atoms with Crippen molar-refractivity contribution in [3.05, 3.63) is 51.0 Å². The van der Waals surface area contributed by atoms with Crippen molar-refractivity contribution in [2.45, 2.75) is 0 Å². The maximum atomic E-state index is 9.86. The van der Waals surface area contributed by atoms with Gasteiger partial charge in [-0.15, -0.1) is 0 Å². The predicted molar refractivity (Wildman–Crippen MR) is 91.5 cm³/mol. The fraction of sp³-hybridized carbons (Fsp3) is 0.0714. The Morgan fingerprint density at radius 2 is 1.81 bits per heavy atom. The van der Waals surface area contributed by atoms with E-state index in [1.54, 1.807) is 18.2 Å². The van der Waals surface area contributed by atoms with Gasteiger partial charge in [0.15, 0.2) is 0 Å². The van der Waals surface area contributed by atoms with Crippen molar-refractivity contribution >= 4 is 57.7 Å². The lowest BCUT2D eigenvalue weighted by molar-refractivity contribution is 0.414. The quantitative estimate of drug-likeness (QED) is 0.585. The normalized spacial score (nSPS) is 10.3. The van der Waals surface area contributed by atoms with Crippen molar-refractivity contribution in [1.82, 2.24) is 0 Å². The van der Waals surface area contributed by atoms with Crippen LogP contribution in [-0.4, -0.2) is 17.2 Å². The maximum absolute atomic E-state index is 9.86. The first-order valence-corrected chi connectivity index (χ1v) is 7.29. The van der Waals surface area contributed by atoms with Gasteiger partial charge in [-0.25, -0.2) is 0 Å². The second-order valence-corrected chi connectivity index (χ2v) is 5.74. The van der Waals surface area contributed by atoms with Crippen molar-refractivity contribution in [2.75, 3.05) is 12.4 Å². The van der Waals surface area contributed by atoms with Gasteiger partial charge in [-0.2, -0.15) is 0 Å². The van der Waals surface area contributed by atoms with E-state index in [9.17, 15) is 5.11 Å². The molecule has 110 valence electrons. The molecule has 0 aromatic heterocycles. The number of phenols is 1. The van der Waals surface area contributed by atoms with Crippen LogP contribution in [0.3, 0.4) is 0 Å². The smallest absolute Gasteiger partial charge is 0.140 e. The van der Waals surface area contributed by atoms with E-state index in [1.165, 1.54) is 19.2 Å². The molecule has 0 amide bonds. The number of phenolic OH excluding ortho intramolecular Hbond substituents is 1.